The summed E-state index contributed by atoms with van der Waals surface area (Å²) < 4.78 is 0. The quantitative estimate of drug-likeness (QED) is 0.926. The van der Waals surface area contributed by atoms with E-state index in [4.69, 9.17) is 5.11 Å². The van der Waals surface area contributed by atoms with Crippen molar-refractivity contribution in [2.24, 2.45) is 0 Å². The van der Waals surface area contributed by atoms with E-state index in [1.807, 2.05) is 35.2 Å². The van der Waals surface area contributed by atoms with Crippen LogP contribution in [0.5, 0.6) is 0 Å². The number of amides is 1. The number of carboxylic acids is 1. The summed E-state index contributed by atoms with van der Waals surface area (Å²) in [7, 11) is 0. The monoisotopic (exact) mass is 287 g/mol. The number of carbonyl (C=O) groups excluding carboxylic acids is 1. The van der Waals surface area contributed by atoms with Crippen LogP contribution in [0.3, 0.4) is 0 Å². The van der Waals surface area contributed by atoms with Crippen LogP contribution in [0.25, 0.3) is 0 Å². The predicted octanol–water partition coefficient (Wildman–Crippen LogP) is 2.57. The van der Waals surface area contributed by atoms with Gasteiger partial charge in [-0.2, -0.15) is 0 Å². The van der Waals surface area contributed by atoms with Gasteiger partial charge in [0.05, 0.1) is 11.8 Å². The molecule has 1 aliphatic heterocycles. The van der Waals surface area contributed by atoms with Gasteiger partial charge in [0.1, 0.15) is 0 Å². The number of carboxylic acid groups (broad SMARTS) is 1. The van der Waals surface area contributed by atoms with Gasteiger partial charge in [0.25, 0.3) is 0 Å². The largest absolute Gasteiger partial charge is 0.481 e. The Morgan fingerprint density at radius 1 is 1.19 bits per heavy atom. The minimum atomic E-state index is -0.818. The first-order valence-electron chi connectivity index (χ1n) is 7.72. The van der Waals surface area contributed by atoms with Crippen molar-refractivity contribution in [1.29, 1.82) is 0 Å². The van der Waals surface area contributed by atoms with Crippen LogP contribution in [0, 0.1) is 0 Å². The minimum absolute atomic E-state index is 0.0661. The average molecular weight is 287 g/mol. The molecule has 1 saturated heterocycles. The zero-order valence-electron chi connectivity index (χ0n) is 12.1. The lowest BCUT2D eigenvalue weighted by Crippen LogP contribution is -2.52. The Bertz CT molecular complexity index is 536. The molecule has 3 rings (SSSR count). The summed E-state index contributed by atoms with van der Waals surface area (Å²) in [5.41, 5.74) is 0.685. The molecule has 2 aliphatic rings. The SMILES string of the molecule is O=C(O)CC1CCCN1C(=O)C1(c2ccccc2)CCC1. The van der Waals surface area contributed by atoms with Gasteiger partial charge in [-0.05, 0) is 31.2 Å². The summed E-state index contributed by atoms with van der Waals surface area (Å²) in [5.74, 6) is -0.675. The van der Waals surface area contributed by atoms with Gasteiger partial charge in [0.2, 0.25) is 5.91 Å². The van der Waals surface area contributed by atoms with Crippen molar-refractivity contribution in [2.45, 2.75) is 50.0 Å². The van der Waals surface area contributed by atoms with E-state index in [9.17, 15) is 9.59 Å². The molecular formula is C17H21NO3. The number of aliphatic carboxylic acids is 1. The first kappa shape index (κ1) is 14.1. The van der Waals surface area contributed by atoms with Gasteiger partial charge < -0.3 is 10.0 Å². The molecule has 1 unspecified atom stereocenters. The molecule has 1 aromatic carbocycles. The standard InChI is InChI=1S/C17H21NO3/c19-15(20)12-14-8-4-11-18(14)16(21)17(9-5-10-17)13-6-2-1-3-7-13/h1-3,6-7,14H,4-5,8-12H2,(H,19,20). The van der Waals surface area contributed by atoms with Crippen molar-refractivity contribution in [3.63, 3.8) is 0 Å². The second-order valence-electron chi connectivity index (χ2n) is 6.19. The Kier molecular flexibility index (Phi) is 3.70. The van der Waals surface area contributed by atoms with Crippen molar-refractivity contribution < 1.29 is 14.7 Å². The highest BCUT2D eigenvalue weighted by Gasteiger charge is 2.49. The lowest BCUT2D eigenvalue weighted by Gasteiger charge is -2.44. The van der Waals surface area contributed by atoms with Crippen LogP contribution in [-0.4, -0.2) is 34.5 Å². The van der Waals surface area contributed by atoms with Gasteiger partial charge in [-0.1, -0.05) is 36.8 Å². The first-order chi connectivity index (χ1) is 10.1. The fourth-order valence-electron chi connectivity index (χ4n) is 3.71. The fraction of sp³-hybridized carbons (Fsp3) is 0.529. The second-order valence-corrected chi connectivity index (χ2v) is 6.19. The highest BCUT2D eigenvalue weighted by molar-refractivity contribution is 5.90. The van der Waals surface area contributed by atoms with Gasteiger partial charge in [0, 0.05) is 12.6 Å². The molecule has 4 heteroatoms. The number of benzene rings is 1. The number of nitrogens with zero attached hydrogens (tertiary/aromatic N) is 1. The maximum Gasteiger partial charge on any atom is 0.305 e. The number of hydrogen-bond acceptors (Lipinski definition) is 2. The Labute approximate surface area is 124 Å². The molecule has 112 valence electrons. The molecule has 1 atom stereocenters. The second kappa shape index (κ2) is 5.51. The molecular weight excluding hydrogens is 266 g/mol. The predicted molar refractivity (Wildman–Crippen MR) is 79.0 cm³/mol. The Hall–Kier alpha value is -1.84. The molecule has 1 heterocycles. The van der Waals surface area contributed by atoms with Gasteiger partial charge in [0.15, 0.2) is 0 Å². The lowest BCUT2D eigenvalue weighted by molar-refractivity contribution is -0.144. The summed E-state index contributed by atoms with van der Waals surface area (Å²) >= 11 is 0. The molecule has 1 aromatic rings. The average Bonchev–Trinajstić information content (AvgIpc) is 2.86. The van der Waals surface area contributed by atoms with Crippen molar-refractivity contribution in [3.05, 3.63) is 35.9 Å². The van der Waals surface area contributed by atoms with Crippen molar-refractivity contribution in [2.75, 3.05) is 6.54 Å². The lowest BCUT2D eigenvalue weighted by atomic mass is 9.63. The van der Waals surface area contributed by atoms with Crippen LogP contribution < -0.4 is 0 Å². The fourth-order valence-corrected chi connectivity index (χ4v) is 3.71. The summed E-state index contributed by atoms with van der Waals surface area (Å²) in [5, 5.41) is 9.03. The third-order valence-corrected chi connectivity index (χ3v) is 4.99. The van der Waals surface area contributed by atoms with E-state index >= 15 is 0 Å². The molecule has 2 fully saturated rings. The summed E-state index contributed by atoms with van der Waals surface area (Å²) in [6.07, 6.45) is 4.62. The molecule has 0 spiro atoms. The zero-order chi connectivity index (χ0) is 14.9. The van der Waals surface area contributed by atoms with E-state index in [1.165, 1.54) is 0 Å². The Balaban J connectivity index is 1.84. The molecule has 1 amide bonds. The molecule has 21 heavy (non-hydrogen) atoms. The number of rotatable bonds is 4. The van der Waals surface area contributed by atoms with Crippen LogP contribution in [0.4, 0.5) is 0 Å². The van der Waals surface area contributed by atoms with Gasteiger partial charge >= 0.3 is 5.97 Å². The molecule has 1 aliphatic carbocycles. The van der Waals surface area contributed by atoms with E-state index in [0.717, 1.165) is 37.7 Å². The maximum atomic E-state index is 13.1. The Morgan fingerprint density at radius 2 is 1.90 bits per heavy atom. The van der Waals surface area contributed by atoms with Gasteiger partial charge in [-0.25, -0.2) is 0 Å². The molecule has 0 aromatic heterocycles. The number of likely N-dealkylation sites (tertiary alicyclic amines) is 1. The third kappa shape index (κ3) is 2.43. The van der Waals surface area contributed by atoms with Crippen LogP contribution in [0.1, 0.15) is 44.1 Å². The first-order valence-corrected chi connectivity index (χ1v) is 7.72. The van der Waals surface area contributed by atoms with Crippen LogP contribution in [-0.2, 0) is 15.0 Å². The van der Waals surface area contributed by atoms with E-state index < -0.39 is 11.4 Å². The Morgan fingerprint density at radius 3 is 2.48 bits per heavy atom. The van der Waals surface area contributed by atoms with Gasteiger partial charge in [-0.3, -0.25) is 9.59 Å². The normalized spacial score (nSPS) is 23.6. The highest BCUT2D eigenvalue weighted by atomic mass is 16.4. The topological polar surface area (TPSA) is 57.6 Å². The summed E-state index contributed by atoms with van der Waals surface area (Å²) in [6.45, 7) is 0.700. The molecule has 0 bridgehead atoms. The number of carbonyl (C=O) groups is 2. The molecule has 1 N–H and O–H groups in total. The molecule has 4 nitrogen and oxygen atoms in total. The third-order valence-electron chi connectivity index (χ3n) is 4.99. The van der Waals surface area contributed by atoms with Crippen LogP contribution in [0.15, 0.2) is 30.3 Å². The smallest absolute Gasteiger partial charge is 0.305 e. The van der Waals surface area contributed by atoms with E-state index in [-0.39, 0.29) is 18.4 Å². The zero-order valence-corrected chi connectivity index (χ0v) is 12.1. The highest BCUT2D eigenvalue weighted by Crippen LogP contribution is 2.46. The number of hydrogen-bond donors (Lipinski definition) is 1. The van der Waals surface area contributed by atoms with Crippen molar-refractivity contribution in [1.82, 2.24) is 4.90 Å². The summed E-state index contributed by atoms with van der Waals surface area (Å²) in [6, 6.07) is 9.83. The van der Waals surface area contributed by atoms with E-state index in [0.29, 0.717) is 6.54 Å². The molecule has 0 radical (unpaired) electrons. The van der Waals surface area contributed by atoms with Crippen molar-refractivity contribution >= 4 is 11.9 Å². The van der Waals surface area contributed by atoms with Crippen LogP contribution in [0.2, 0.25) is 0 Å². The van der Waals surface area contributed by atoms with Crippen molar-refractivity contribution in [3.8, 4) is 0 Å². The summed E-state index contributed by atoms with van der Waals surface area (Å²) in [4.78, 5) is 25.9. The van der Waals surface area contributed by atoms with E-state index in [2.05, 4.69) is 0 Å². The van der Waals surface area contributed by atoms with Crippen LogP contribution >= 0.6 is 0 Å². The minimum Gasteiger partial charge on any atom is -0.481 e. The maximum absolute atomic E-state index is 13.1. The van der Waals surface area contributed by atoms with E-state index in [1.54, 1.807) is 0 Å². The molecule has 1 saturated carbocycles. The van der Waals surface area contributed by atoms with Gasteiger partial charge in [-0.15, -0.1) is 0 Å².